The van der Waals surface area contributed by atoms with E-state index in [0.717, 1.165) is 51.2 Å². The monoisotopic (exact) mass is 499 g/mol. The first-order valence-electron chi connectivity index (χ1n) is 14.6. The van der Waals surface area contributed by atoms with Gasteiger partial charge in [-0.25, -0.2) is 4.79 Å². The van der Waals surface area contributed by atoms with E-state index in [9.17, 15) is 4.79 Å². The van der Waals surface area contributed by atoms with Crippen LogP contribution in [0.3, 0.4) is 0 Å². The third-order valence-corrected chi connectivity index (χ3v) is 8.40. The number of benzene rings is 1. The minimum Gasteiger partial charge on any atom is -0.385 e. The number of amides is 2. The summed E-state index contributed by atoms with van der Waals surface area (Å²) in [6, 6.07) is 9.16. The van der Waals surface area contributed by atoms with Crippen molar-refractivity contribution in [2.24, 2.45) is 11.8 Å². The van der Waals surface area contributed by atoms with Gasteiger partial charge < -0.3 is 25.0 Å². The van der Waals surface area contributed by atoms with Crippen molar-refractivity contribution in [2.45, 2.75) is 88.7 Å². The minimum atomic E-state index is 0.0320. The number of nitrogens with zero attached hydrogens (tertiary/aromatic N) is 1. The van der Waals surface area contributed by atoms with Crippen LogP contribution in [-0.4, -0.2) is 64.0 Å². The van der Waals surface area contributed by atoms with Crippen LogP contribution in [0.2, 0.25) is 0 Å². The van der Waals surface area contributed by atoms with Crippen molar-refractivity contribution in [3.8, 4) is 0 Å². The average Bonchev–Trinajstić information content (AvgIpc) is 3.75. The molecule has 3 atom stereocenters. The molecule has 202 valence electrons. The van der Waals surface area contributed by atoms with Crippen LogP contribution in [0.4, 0.5) is 4.79 Å². The van der Waals surface area contributed by atoms with Gasteiger partial charge in [0.25, 0.3) is 0 Å². The predicted molar refractivity (Wildman–Crippen MR) is 145 cm³/mol. The highest BCUT2D eigenvalue weighted by Gasteiger charge is 2.35. The number of methoxy groups -OCH3 is 1. The van der Waals surface area contributed by atoms with Gasteiger partial charge in [0.05, 0.1) is 6.10 Å². The number of rotatable bonds is 13. The summed E-state index contributed by atoms with van der Waals surface area (Å²) in [5.74, 6) is 1.74. The van der Waals surface area contributed by atoms with Crippen LogP contribution in [0.25, 0.3) is 0 Å². The number of carbonyl (C=O) groups is 1. The Bertz CT molecular complexity index is 793. The molecule has 0 bridgehead atoms. The van der Waals surface area contributed by atoms with Gasteiger partial charge in [-0.05, 0) is 68.5 Å². The van der Waals surface area contributed by atoms with Gasteiger partial charge in [-0.3, -0.25) is 0 Å². The van der Waals surface area contributed by atoms with E-state index in [4.69, 9.17) is 9.47 Å². The molecule has 3 fully saturated rings. The first kappa shape index (κ1) is 27.4. The van der Waals surface area contributed by atoms with Crippen molar-refractivity contribution in [3.05, 3.63) is 35.4 Å². The number of carbonyl (C=O) groups excluding carboxylic acids is 1. The lowest BCUT2D eigenvalue weighted by Crippen LogP contribution is -2.52. The molecule has 0 aromatic heterocycles. The topological polar surface area (TPSA) is 62.8 Å². The maximum atomic E-state index is 13.4. The maximum Gasteiger partial charge on any atom is 0.317 e. The molecule has 2 amide bonds. The highest BCUT2D eigenvalue weighted by atomic mass is 16.5. The molecular weight excluding hydrogens is 450 g/mol. The second kappa shape index (κ2) is 14.3. The Morgan fingerprint density at radius 1 is 1.06 bits per heavy atom. The Hall–Kier alpha value is -1.63. The Morgan fingerprint density at radius 3 is 2.61 bits per heavy atom. The van der Waals surface area contributed by atoms with Gasteiger partial charge in [0, 0.05) is 51.9 Å². The van der Waals surface area contributed by atoms with Crippen molar-refractivity contribution in [2.75, 3.05) is 47.0 Å². The molecule has 4 rings (SSSR count). The first-order valence-corrected chi connectivity index (χ1v) is 14.6. The van der Waals surface area contributed by atoms with Crippen molar-refractivity contribution >= 4 is 6.03 Å². The Kier molecular flexibility index (Phi) is 10.9. The van der Waals surface area contributed by atoms with E-state index in [1.54, 1.807) is 7.11 Å². The smallest absolute Gasteiger partial charge is 0.317 e. The summed E-state index contributed by atoms with van der Waals surface area (Å²) in [6.45, 7) is 3.82. The van der Waals surface area contributed by atoms with Crippen LogP contribution < -0.4 is 10.6 Å². The van der Waals surface area contributed by atoms with E-state index in [-0.39, 0.29) is 18.2 Å². The van der Waals surface area contributed by atoms with Gasteiger partial charge in [-0.1, -0.05) is 56.4 Å². The predicted octanol–water partition coefficient (Wildman–Crippen LogP) is 5.64. The van der Waals surface area contributed by atoms with E-state index in [0.29, 0.717) is 25.0 Å². The second-order valence-corrected chi connectivity index (χ2v) is 11.3. The SMILES string of the molecule is CNC[C@H](CC1CCCCC1)NC(=O)N1CCC[C@@H]([C@@H](OCCCOC)c2ccccc2C2CC2)C1. The molecule has 2 aliphatic carbocycles. The zero-order chi connectivity index (χ0) is 25.2. The summed E-state index contributed by atoms with van der Waals surface area (Å²) in [6.07, 6.45) is 13.4. The molecule has 3 aliphatic rings. The van der Waals surface area contributed by atoms with E-state index in [1.807, 2.05) is 7.05 Å². The van der Waals surface area contributed by atoms with Crippen molar-refractivity contribution in [1.29, 1.82) is 0 Å². The number of urea groups is 1. The van der Waals surface area contributed by atoms with E-state index in [1.165, 1.54) is 56.1 Å². The van der Waals surface area contributed by atoms with Crippen molar-refractivity contribution in [3.63, 3.8) is 0 Å². The van der Waals surface area contributed by atoms with Crippen molar-refractivity contribution in [1.82, 2.24) is 15.5 Å². The van der Waals surface area contributed by atoms with Gasteiger partial charge in [-0.15, -0.1) is 0 Å². The molecular formula is C30H49N3O3. The molecule has 6 nitrogen and oxygen atoms in total. The fourth-order valence-corrected chi connectivity index (χ4v) is 6.40. The molecule has 1 aromatic carbocycles. The lowest BCUT2D eigenvalue weighted by Gasteiger charge is -2.38. The zero-order valence-corrected chi connectivity index (χ0v) is 22.7. The lowest BCUT2D eigenvalue weighted by atomic mass is 9.84. The van der Waals surface area contributed by atoms with Crippen molar-refractivity contribution < 1.29 is 14.3 Å². The van der Waals surface area contributed by atoms with Crippen LogP contribution in [-0.2, 0) is 9.47 Å². The summed E-state index contributed by atoms with van der Waals surface area (Å²) in [4.78, 5) is 15.5. The Balaban J connectivity index is 1.41. The van der Waals surface area contributed by atoms with Gasteiger partial charge in [0.2, 0.25) is 0 Å². The first-order chi connectivity index (χ1) is 17.7. The molecule has 0 spiro atoms. The fraction of sp³-hybridized carbons (Fsp3) is 0.767. The molecule has 1 aliphatic heterocycles. The molecule has 2 saturated carbocycles. The van der Waals surface area contributed by atoms with Crippen LogP contribution in [0.5, 0.6) is 0 Å². The van der Waals surface area contributed by atoms with Crippen LogP contribution >= 0.6 is 0 Å². The summed E-state index contributed by atoms with van der Waals surface area (Å²) in [5.41, 5.74) is 2.80. The van der Waals surface area contributed by atoms with Gasteiger partial charge in [0.1, 0.15) is 0 Å². The molecule has 6 heteroatoms. The number of piperidine rings is 1. The normalized spacial score (nSPS) is 22.8. The van der Waals surface area contributed by atoms with Crippen LogP contribution in [0.1, 0.15) is 93.8 Å². The average molecular weight is 500 g/mol. The Labute approximate surface area is 218 Å². The third kappa shape index (κ3) is 7.93. The van der Waals surface area contributed by atoms with Gasteiger partial charge >= 0.3 is 6.03 Å². The molecule has 36 heavy (non-hydrogen) atoms. The summed E-state index contributed by atoms with van der Waals surface area (Å²) in [7, 11) is 3.73. The fourth-order valence-electron chi connectivity index (χ4n) is 6.40. The molecule has 2 N–H and O–H groups in total. The van der Waals surface area contributed by atoms with Crippen LogP contribution in [0, 0.1) is 11.8 Å². The van der Waals surface area contributed by atoms with Gasteiger partial charge in [0.15, 0.2) is 0 Å². The maximum absolute atomic E-state index is 13.4. The minimum absolute atomic E-state index is 0.0320. The van der Waals surface area contributed by atoms with Gasteiger partial charge in [-0.2, -0.15) is 0 Å². The molecule has 0 radical (unpaired) electrons. The second-order valence-electron chi connectivity index (χ2n) is 11.3. The number of likely N-dealkylation sites (N-methyl/N-ethyl adjacent to an activating group) is 1. The number of hydrogen-bond acceptors (Lipinski definition) is 4. The molecule has 1 aromatic rings. The number of hydrogen-bond donors (Lipinski definition) is 2. The quantitative estimate of drug-likeness (QED) is 0.345. The summed E-state index contributed by atoms with van der Waals surface area (Å²) in [5, 5.41) is 6.71. The largest absolute Gasteiger partial charge is 0.385 e. The third-order valence-electron chi connectivity index (χ3n) is 8.40. The van der Waals surface area contributed by atoms with E-state index >= 15 is 0 Å². The zero-order valence-electron chi connectivity index (χ0n) is 22.7. The highest BCUT2D eigenvalue weighted by Crippen LogP contribution is 2.45. The lowest BCUT2D eigenvalue weighted by molar-refractivity contribution is -0.0172. The summed E-state index contributed by atoms with van der Waals surface area (Å²) < 4.78 is 11.8. The molecule has 0 unspecified atom stereocenters. The Morgan fingerprint density at radius 2 is 1.86 bits per heavy atom. The molecule has 1 saturated heterocycles. The number of ether oxygens (including phenoxy) is 2. The summed E-state index contributed by atoms with van der Waals surface area (Å²) >= 11 is 0. The van der Waals surface area contributed by atoms with E-state index in [2.05, 4.69) is 39.8 Å². The molecule has 1 heterocycles. The standard InChI is InChI=1S/C30H49N3O3/c1-31-21-26(20-23-10-4-3-5-11-23)32-30(34)33-17-8-12-25(22-33)29(36-19-9-18-35-2)28-14-7-6-13-27(28)24-15-16-24/h6-7,13-14,23-26,29,31H,3-5,8-12,15-22H2,1-2H3,(H,32,34)/t25-,26+,29-/m1/s1. The number of likely N-dealkylation sites (tertiary alicyclic amines) is 1. The van der Waals surface area contributed by atoms with Crippen LogP contribution in [0.15, 0.2) is 24.3 Å². The van der Waals surface area contributed by atoms with E-state index < -0.39 is 0 Å². The highest BCUT2D eigenvalue weighted by molar-refractivity contribution is 5.74. The number of nitrogens with one attached hydrogen (secondary N) is 2.